The van der Waals surface area contributed by atoms with E-state index in [-0.39, 0.29) is 0 Å². The minimum absolute atomic E-state index is 0.672. The number of methoxy groups -OCH3 is 1. The van der Waals surface area contributed by atoms with Crippen molar-refractivity contribution in [3.05, 3.63) is 77.1 Å². The predicted molar refractivity (Wildman–Crippen MR) is 99.9 cm³/mol. The number of hydrogen-bond acceptors (Lipinski definition) is 2. The minimum Gasteiger partial charge on any atom is -0.495 e. The van der Waals surface area contributed by atoms with Gasteiger partial charge in [0.1, 0.15) is 5.76 Å². The van der Waals surface area contributed by atoms with Crippen LogP contribution >= 0.6 is 0 Å². The fourth-order valence-corrected chi connectivity index (χ4v) is 1.92. The van der Waals surface area contributed by atoms with Crippen molar-refractivity contribution >= 4 is 5.69 Å². The third-order valence-electron chi connectivity index (χ3n) is 3.50. The van der Waals surface area contributed by atoms with E-state index in [1.165, 1.54) is 0 Å². The molecule has 0 aliphatic rings. The smallest absolute Gasteiger partial charge is 0.134 e. The number of hydrogen-bond donors (Lipinski definition) is 1. The lowest BCUT2D eigenvalue weighted by molar-refractivity contribution is 0.303. The first-order valence-electron chi connectivity index (χ1n) is 7.60. The largest absolute Gasteiger partial charge is 0.495 e. The Kier molecular flexibility index (Phi) is 6.96. The van der Waals surface area contributed by atoms with Gasteiger partial charge < -0.3 is 10.5 Å². The van der Waals surface area contributed by atoms with E-state index in [4.69, 9.17) is 10.5 Å². The summed E-state index contributed by atoms with van der Waals surface area (Å²) in [7, 11) is 1.63. The Balaban J connectivity index is 3.16. The van der Waals surface area contributed by atoms with E-state index in [1.54, 1.807) is 7.11 Å². The molecular weight excluding hydrogens is 282 g/mol. The molecule has 2 heteroatoms. The Labute approximate surface area is 140 Å². The van der Waals surface area contributed by atoms with Crippen LogP contribution < -0.4 is 5.73 Å². The Bertz CT molecular complexity index is 724. The maximum absolute atomic E-state index is 5.97. The molecule has 0 bridgehead atoms. The number of anilines is 1. The average Bonchev–Trinajstić information content (AvgIpc) is 2.55. The second-order valence-corrected chi connectivity index (χ2v) is 5.24. The standard InChI is InChI=1S/C21H25NO/c1-7-16(4)17(5)14-21(23-6)18(8-2)10-11-19-13-15(3)9-12-20(19)22/h8-9,12-14H,4-5,7,22H2,1-3,6H3/b18-8-,21-14+. The normalized spacial score (nSPS) is 11.5. The second kappa shape index (κ2) is 8.70. The molecular formula is C21H25NO. The van der Waals surface area contributed by atoms with Gasteiger partial charge in [0, 0.05) is 11.3 Å². The highest BCUT2D eigenvalue weighted by molar-refractivity contribution is 5.60. The Morgan fingerprint density at radius 3 is 2.61 bits per heavy atom. The van der Waals surface area contributed by atoms with Gasteiger partial charge in [-0.1, -0.05) is 44.1 Å². The van der Waals surface area contributed by atoms with Gasteiger partial charge in [-0.05, 0) is 55.2 Å². The van der Waals surface area contributed by atoms with Crippen molar-refractivity contribution in [2.75, 3.05) is 12.8 Å². The molecule has 0 atom stereocenters. The lowest BCUT2D eigenvalue weighted by atomic mass is 10.0. The molecule has 0 unspecified atom stereocenters. The second-order valence-electron chi connectivity index (χ2n) is 5.24. The van der Waals surface area contributed by atoms with Crippen molar-refractivity contribution in [3.63, 3.8) is 0 Å². The molecule has 0 heterocycles. The summed E-state index contributed by atoms with van der Waals surface area (Å²) in [5, 5.41) is 0. The highest BCUT2D eigenvalue weighted by Crippen LogP contribution is 2.18. The zero-order chi connectivity index (χ0) is 17.4. The van der Waals surface area contributed by atoms with Crippen LogP contribution in [-0.4, -0.2) is 7.11 Å². The summed E-state index contributed by atoms with van der Waals surface area (Å²) in [6.07, 6.45) is 4.63. The molecule has 2 N–H and O–H groups in total. The molecule has 2 nitrogen and oxygen atoms in total. The number of allylic oxidation sites excluding steroid dienone is 5. The van der Waals surface area contributed by atoms with Gasteiger partial charge in [-0.15, -0.1) is 0 Å². The van der Waals surface area contributed by atoms with Crippen LogP contribution in [0.2, 0.25) is 0 Å². The summed E-state index contributed by atoms with van der Waals surface area (Å²) >= 11 is 0. The van der Waals surface area contributed by atoms with Crippen LogP contribution in [0.25, 0.3) is 0 Å². The molecule has 0 radical (unpaired) electrons. The van der Waals surface area contributed by atoms with Gasteiger partial charge >= 0.3 is 0 Å². The molecule has 0 aliphatic carbocycles. The van der Waals surface area contributed by atoms with Crippen molar-refractivity contribution in [1.82, 2.24) is 0 Å². The van der Waals surface area contributed by atoms with Crippen molar-refractivity contribution in [2.45, 2.75) is 27.2 Å². The summed E-state index contributed by atoms with van der Waals surface area (Å²) in [4.78, 5) is 0. The molecule has 0 aromatic heterocycles. The van der Waals surface area contributed by atoms with Crippen molar-refractivity contribution in [1.29, 1.82) is 0 Å². The molecule has 1 aromatic carbocycles. The van der Waals surface area contributed by atoms with Gasteiger partial charge in [0.15, 0.2) is 0 Å². The fraction of sp³-hybridized carbons (Fsp3) is 0.238. The molecule has 0 spiro atoms. The lowest BCUT2D eigenvalue weighted by Gasteiger charge is -2.08. The molecule has 0 fully saturated rings. The Hall–Kier alpha value is -2.66. The average molecular weight is 307 g/mol. The fourth-order valence-electron chi connectivity index (χ4n) is 1.92. The SMILES string of the molecule is C=C(/C=C(OC)\C(C#Cc1cc(C)ccc1N)=C/C)C(=C)CC. The number of nitrogens with two attached hydrogens (primary N) is 1. The number of nitrogen functional groups attached to an aromatic ring is 1. The maximum Gasteiger partial charge on any atom is 0.134 e. The zero-order valence-corrected chi connectivity index (χ0v) is 14.5. The van der Waals surface area contributed by atoms with Gasteiger partial charge in [-0.3, -0.25) is 0 Å². The van der Waals surface area contributed by atoms with Crippen LogP contribution in [-0.2, 0) is 4.74 Å². The first-order chi connectivity index (χ1) is 10.9. The number of rotatable bonds is 5. The van der Waals surface area contributed by atoms with E-state index >= 15 is 0 Å². The van der Waals surface area contributed by atoms with Crippen LogP contribution in [0.5, 0.6) is 0 Å². The molecule has 1 rings (SSSR count). The van der Waals surface area contributed by atoms with E-state index in [1.807, 2.05) is 51.1 Å². The molecule has 120 valence electrons. The van der Waals surface area contributed by atoms with Gasteiger partial charge in [-0.2, -0.15) is 0 Å². The summed E-state index contributed by atoms with van der Waals surface area (Å²) < 4.78 is 5.47. The van der Waals surface area contributed by atoms with Crippen LogP contribution in [0.3, 0.4) is 0 Å². The first kappa shape index (κ1) is 18.4. The van der Waals surface area contributed by atoms with Crippen LogP contribution in [0.4, 0.5) is 5.69 Å². The van der Waals surface area contributed by atoms with Gasteiger partial charge in [0.2, 0.25) is 0 Å². The van der Waals surface area contributed by atoms with Crippen molar-refractivity contribution in [3.8, 4) is 11.8 Å². The Morgan fingerprint density at radius 1 is 1.35 bits per heavy atom. The number of benzene rings is 1. The zero-order valence-electron chi connectivity index (χ0n) is 14.5. The van der Waals surface area contributed by atoms with Crippen LogP contribution in [0, 0.1) is 18.8 Å². The Morgan fingerprint density at radius 2 is 2.04 bits per heavy atom. The van der Waals surface area contributed by atoms with E-state index in [0.717, 1.165) is 34.3 Å². The van der Waals surface area contributed by atoms with Crippen molar-refractivity contribution in [2.24, 2.45) is 0 Å². The third-order valence-corrected chi connectivity index (χ3v) is 3.50. The minimum atomic E-state index is 0.672. The molecule has 0 aliphatic heterocycles. The summed E-state index contributed by atoms with van der Waals surface area (Å²) in [6.45, 7) is 14.0. The van der Waals surface area contributed by atoms with Gasteiger partial charge in [0.05, 0.1) is 12.7 Å². The lowest BCUT2D eigenvalue weighted by Crippen LogP contribution is -1.94. The summed E-state index contributed by atoms with van der Waals surface area (Å²) in [5.74, 6) is 6.93. The van der Waals surface area contributed by atoms with Gasteiger partial charge in [-0.25, -0.2) is 0 Å². The van der Waals surface area contributed by atoms with E-state index < -0.39 is 0 Å². The number of ether oxygens (including phenoxy) is 1. The van der Waals surface area contributed by atoms with E-state index in [2.05, 4.69) is 25.0 Å². The van der Waals surface area contributed by atoms with Crippen molar-refractivity contribution < 1.29 is 4.74 Å². The monoisotopic (exact) mass is 307 g/mol. The van der Waals surface area contributed by atoms with Crippen LogP contribution in [0.15, 0.2) is 66.0 Å². The highest BCUT2D eigenvalue weighted by Gasteiger charge is 2.04. The highest BCUT2D eigenvalue weighted by atomic mass is 16.5. The van der Waals surface area contributed by atoms with E-state index in [9.17, 15) is 0 Å². The maximum atomic E-state index is 5.97. The molecule has 1 aromatic rings. The predicted octanol–water partition coefficient (Wildman–Crippen LogP) is 4.93. The quantitative estimate of drug-likeness (QED) is 0.362. The van der Waals surface area contributed by atoms with Gasteiger partial charge in [0.25, 0.3) is 0 Å². The topological polar surface area (TPSA) is 35.2 Å². The van der Waals surface area contributed by atoms with E-state index in [0.29, 0.717) is 11.4 Å². The summed E-state index contributed by atoms with van der Waals surface area (Å²) in [5.41, 5.74) is 11.2. The molecule has 0 amide bonds. The summed E-state index contributed by atoms with van der Waals surface area (Å²) in [6, 6.07) is 5.82. The molecule has 23 heavy (non-hydrogen) atoms. The first-order valence-corrected chi connectivity index (χ1v) is 7.60. The van der Waals surface area contributed by atoms with Crippen LogP contribution in [0.1, 0.15) is 31.4 Å². The number of aryl methyl sites for hydroxylation is 1. The third kappa shape index (κ3) is 5.23. The molecule has 0 saturated carbocycles. The molecule has 0 saturated heterocycles.